The predicted molar refractivity (Wildman–Crippen MR) is 85.3 cm³/mol. The van der Waals surface area contributed by atoms with Gasteiger partial charge in [0.15, 0.2) is 0 Å². The molecule has 2 N–H and O–H groups in total. The van der Waals surface area contributed by atoms with E-state index in [2.05, 4.69) is 23.0 Å². The number of nitrogens with one attached hydrogen (secondary N) is 2. The van der Waals surface area contributed by atoms with Gasteiger partial charge in [-0.3, -0.25) is 0 Å². The topological polar surface area (TPSA) is 42.5 Å². The van der Waals surface area contributed by atoms with Crippen LogP contribution in [0, 0.1) is 0 Å². The number of methoxy groups -OCH3 is 1. The van der Waals surface area contributed by atoms with Crippen LogP contribution >= 0.6 is 0 Å². The minimum atomic E-state index is 0.682. The first-order valence-corrected chi connectivity index (χ1v) is 7.13. The minimum Gasteiger partial charge on any atom is -0.494 e. The summed E-state index contributed by atoms with van der Waals surface area (Å²) >= 11 is 0. The summed E-state index contributed by atoms with van der Waals surface area (Å²) in [6.07, 6.45) is 0.904. The average molecular weight is 286 g/mol. The van der Waals surface area contributed by atoms with Crippen molar-refractivity contribution in [1.82, 2.24) is 5.43 Å². The number of anilines is 1. The molecule has 0 aliphatic heterocycles. The van der Waals surface area contributed by atoms with Crippen LogP contribution in [0.4, 0.5) is 5.69 Å². The van der Waals surface area contributed by atoms with Crippen LogP contribution in [0.5, 0.6) is 5.75 Å². The van der Waals surface area contributed by atoms with E-state index < -0.39 is 0 Å². The molecule has 0 amide bonds. The summed E-state index contributed by atoms with van der Waals surface area (Å²) in [5, 5.41) is 0. The Kier molecular flexibility index (Phi) is 6.58. The van der Waals surface area contributed by atoms with Crippen LogP contribution < -0.4 is 15.6 Å². The average Bonchev–Trinajstić information content (AvgIpc) is 2.54. The van der Waals surface area contributed by atoms with Gasteiger partial charge in [0.25, 0.3) is 0 Å². The lowest BCUT2D eigenvalue weighted by molar-refractivity contribution is 0.172. The molecule has 0 aromatic heterocycles. The van der Waals surface area contributed by atoms with Crippen LogP contribution in [0.25, 0.3) is 0 Å². The zero-order chi connectivity index (χ0) is 14.8. The molecule has 4 nitrogen and oxygen atoms in total. The Labute approximate surface area is 126 Å². The van der Waals surface area contributed by atoms with Gasteiger partial charge in [0, 0.05) is 32.4 Å². The van der Waals surface area contributed by atoms with Crippen LogP contribution in [0.15, 0.2) is 54.6 Å². The van der Waals surface area contributed by atoms with Crippen molar-refractivity contribution in [3.63, 3.8) is 0 Å². The molecule has 0 radical (unpaired) electrons. The van der Waals surface area contributed by atoms with E-state index >= 15 is 0 Å². The summed E-state index contributed by atoms with van der Waals surface area (Å²) in [5.74, 6) is 0.894. The van der Waals surface area contributed by atoms with Crippen molar-refractivity contribution in [2.24, 2.45) is 0 Å². The number of benzene rings is 2. The zero-order valence-electron chi connectivity index (χ0n) is 12.3. The molecule has 112 valence electrons. The molecule has 0 saturated heterocycles. The summed E-state index contributed by atoms with van der Waals surface area (Å²) in [5.41, 5.74) is 8.60. The molecule has 0 heterocycles. The molecule has 0 bridgehead atoms. The molecule has 0 fully saturated rings. The highest BCUT2D eigenvalue weighted by Crippen LogP contribution is 2.12. The Morgan fingerprint density at radius 2 is 1.67 bits per heavy atom. The lowest BCUT2D eigenvalue weighted by atomic mass is 10.2. The van der Waals surface area contributed by atoms with E-state index in [4.69, 9.17) is 9.47 Å². The third-order valence-corrected chi connectivity index (χ3v) is 2.98. The molecule has 0 spiro atoms. The maximum atomic E-state index is 5.62. The molecule has 2 rings (SSSR count). The maximum absolute atomic E-state index is 5.62. The summed E-state index contributed by atoms with van der Waals surface area (Å²) in [7, 11) is 1.70. The van der Waals surface area contributed by atoms with E-state index in [0.29, 0.717) is 6.61 Å². The van der Waals surface area contributed by atoms with Gasteiger partial charge in [0.05, 0.1) is 6.61 Å². The van der Waals surface area contributed by atoms with Crippen molar-refractivity contribution in [3.8, 4) is 5.75 Å². The van der Waals surface area contributed by atoms with Crippen molar-refractivity contribution in [2.45, 2.75) is 13.0 Å². The number of rotatable bonds is 9. The first-order valence-electron chi connectivity index (χ1n) is 7.13. The van der Waals surface area contributed by atoms with Crippen molar-refractivity contribution in [3.05, 3.63) is 60.2 Å². The summed E-state index contributed by atoms with van der Waals surface area (Å²) in [6, 6.07) is 18.1. The maximum Gasteiger partial charge on any atom is 0.119 e. The van der Waals surface area contributed by atoms with Gasteiger partial charge in [-0.05, 0) is 29.8 Å². The van der Waals surface area contributed by atoms with Gasteiger partial charge in [-0.2, -0.15) is 0 Å². The third kappa shape index (κ3) is 5.85. The molecule has 0 aliphatic rings. The molecule has 21 heavy (non-hydrogen) atoms. The smallest absolute Gasteiger partial charge is 0.119 e. The Balaban J connectivity index is 1.69. The van der Waals surface area contributed by atoms with Gasteiger partial charge in [0.2, 0.25) is 0 Å². The molecular formula is C17H22N2O2. The summed E-state index contributed by atoms with van der Waals surface area (Å²) in [6.45, 7) is 2.16. The van der Waals surface area contributed by atoms with Crippen LogP contribution in [0.2, 0.25) is 0 Å². The molecule has 0 saturated carbocycles. The largest absolute Gasteiger partial charge is 0.494 e. The second-order valence-electron chi connectivity index (χ2n) is 4.68. The van der Waals surface area contributed by atoms with E-state index in [1.807, 2.05) is 42.5 Å². The predicted octanol–water partition coefficient (Wildman–Crippen LogP) is 3.22. The van der Waals surface area contributed by atoms with E-state index in [-0.39, 0.29) is 0 Å². The Bertz CT molecular complexity index is 500. The van der Waals surface area contributed by atoms with Crippen LogP contribution in [-0.2, 0) is 11.3 Å². The fourth-order valence-corrected chi connectivity index (χ4v) is 1.87. The fraction of sp³-hybridized carbons (Fsp3) is 0.294. The summed E-state index contributed by atoms with van der Waals surface area (Å²) < 4.78 is 10.6. The van der Waals surface area contributed by atoms with Gasteiger partial charge >= 0.3 is 0 Å². The number of ether oxygens (including phenoxy) is 2. The van der Waals surface area contributed by atoms with Crippen molar-refractivity contribution in [1.29, 1.82) is 0 Å². The molecule has 4 heteroatoms. The molecule has 0 unspecified atom stereocenters. The third-order valence-electron chi connectivity index (χ3n) is 2.98. The van der Waals surface area contributed by atoms with Crippen molar-refractivity contribution < 1.29 is 9.47 Å². The number of hydrogen-bond donors (Lipinski definition) is 2. The van der Waals surface area contributed by atoms with Gasteiger partial charge in [0.1, 0.15) is 5.75 Å². The molecule has 2 aromatic rings. The van der Waals surface area contributed by atoms with E-state index in [0.717, 1.165) is 31.0 Å². The van der Waals surface area contributed by atoms with E-state index in [1.54, 1.807) is 7.11 Å². The van der Waals surface area contributed by atoms with Crippen LogP contribution in [-0.4, -0.2) is 20.3 Å². The lowest BCUT2D eigenvalue weighted by Gasteiger charge is -2.09. The standard InChI is InChI=1S/C17H22N2O2/c1-20-12-5-13-21-17-10-8-15(9-11-17)14-18-19-16-6-3-2-4-7-16/h2-4,6-11,18-19H,5,12-14H2,1H3. The van der Waals surface area contributed by atoms with Gasteiger partial charge in [-0.1, -0.05) is 30.3 Å². The lowest BCUT2D eigenvalue weighted by Crippen LogP contribution is -2.20. The highest BCUT2D eigenvalue weighted by atomic mass is 16.5. The summed E-state index contributed by atoms with van der Waals surface area (Å²) in [4.78, 5) is 0. The Morgan fingerprint density at radius 1 is 0.905 bits per heavy atom. The highest BCUT2D eigenvalue weighted by molar-refractivity contribution is 5.41. The first-order chi connectivity index (χ1) is 10.4. The minimum absolute atomic E-state index is 0.682. The van der Waals surface area contributed by atoms with Crippen LogP contribution in [0.3, 0.4) is 0 Å². The number of hydrazine groups is 1. The van der Waals surface area contributed by atoms with Gasteiger partial charge < -0.3 is 14.9 Å². The SMILES string of the molecule is COCCCOc1ccc(CNNc2ccccc2)cc1. The monoisotopic (exact) mass is 286 g/mol. The normalized spacial score (nSPS) is 10.3. The zero-order valence-corrected chi connectivity index (χ0v) is 12.3. The second kappa shape index (κ2) is 9.00. The van der Waals surface area contributed by atoms with Crippen molar-refractivity contribution >= 4 is 5.69 Å². The van der Waals surface area contributed by atoms with Gasteiger partial charge in [-0.25, -0.2) is 5.43 Å². The highest BCUT2D eigenvalue weighted by Gasteiger charge is 1.96. The Hall–Kier alpha value is -2.04. The van der Waals surface area contributed by atoms with Crippen molar-refractivity contribution in [2.75, 3.05) is 25.7 Å². The van der Waals surface area contributed by atoms with E-state index in [9.17, 15) is 0 Å². The van der Waals surface area contributed by atoms with Gasteiger partial charge in [-0.15, -0.1) is 0 Å². The van der Waals surface area contributed by atoms with Crippen LogP contribution in [0.1, 0.15) is 12.0 Å². The molecular weight excluding hydrogens is 264 g/mol. The number of para-hydroxylation sites is 1. The Morgan fingerprint density at radius 3 is 2.38 bits per heavy atom. The van der Waals surface area contributed by atoms with E-state index in [1.165, 1.54) is 5.56 Å². The molecule has 0 atom stereocenters. The second-order valence-corrected chi connectivity index (χ2v) is 4.68. The molecule has 2 aromatic carbocycles. The molecule has 0 aliphatic carbocycles. The fourth-order valence-electron chi connectivity index (χ4n) is 1.87. The quantitative estimate of drug-likeness (QED) is 0.548. The first kappa shape index (κ1) is 15.4. The number of hydrogen-bond acceptors (Lipinski definition) is 4.